The van der Waals surface area contributed by atoms with Crippen molar-refractivity contribution in [2.45, 2.75) is 32.9 Å². The van der Waals surface area contributed by atoms with Crippen LogP contribution in [0.4, 0.5) is 0 Å². The van der Waals surface area contributed by atoms with Gasteiger partial charge < -0.3 is 14.8 Å². The second-order valence-corrected chi connectivity index (χ2v) is 5.17. The molecule has 0 bridgehead atoms. The van der Waals surface area contributed by atoms with E-state index in [2.05, 4.69) is 25.2 Å². The highest BCUT2D eigenvalue weighted by Crippen LogP contribution is 2.20. The van der Waals surface area contributed by atoms with Crippen molar-refractivity contribution in [2.24, 2.45) is 5.92 Å². The first-order valence-electron chi connectivity index (χ1n) is 6.50. The molecule has 1 atom stereocenters. The third kappa shape index (κ3) is 3.34. The van der Waals surface area contributed by atoms with Gasteiger partial charge >= 0.3 is 0 Å². The van der Waals surface area contributed by atoms with E-state index >= 15 is 0 Å². The molecule has 1 aromatic heterocycles. The minimum atomic E-state index is -0.275. The summed E-state index contributed by atoms with van der Waals surface area (Å²) < 4.78 is 5.47. The number of nitrogens with one attached hydrogen (secondary N) is 1. The predicted octanol–water partition coefficient (Wildman–Crippen LogP) is 2.93. The summed E-state index contributed by atoms with van der Waals surface area (Å²) in [6.07, 6.45) is 2.34. The number of para-hydroxylation sites is 1. The van der Waals surface area contributed by atoms with Crippen molar-refractivity contribution in [1.82, 2.24) is 5.32 Å². The Morgan fingerprint density at radius 1 is 1.28 bits per heavy atom. The molecule has 0 radical (unpaired) electrons. The third-order valence-electron chi connectivity index (χ3n) is 3.00. The van der Waals surface area contributed by atoms with Crippen LogP contribution in [-0.2, 0) is 6.54 Å². The van der Waals surface area contributed by atoms with E-state index in [4.69, 9.17) is 4.42 Å². The Balaban J connectivity index is 1.87. The molecule has 0 saturated heterocycles. The average molecular weight is 247 g/mol. The van der Waals surface area contributed by atoms with Crippen LogP contribution >= 0.6 is 0 Å². The zero-order valence-corrected chi connectivity index (χ0v) is 11.0. The molecule has 0 fully saturated rings. The molecule has 3 nitrogen and oxygen atoms in total. The number of aliphatic hydroxyl groups is 1. The van der Waals surface area contributed by atoms with E-state index in [1.54, 1.807) is 6.26 Å². The van der Waals surface area contributed by atoms with Gasteiger partial charge in [-0.2, -0.15) is 0 Å². The highest BCUT2D eigenvalue weighted by atomic mass is 16.3. The fourth-order valence-electron chi connectivity index (χ4n) is 2.17. The molecule has 0 aliphatic rings. The largest absolute Gasteiger partial charge is 0.464 e. The lowest BCUT2D eigenvalue weighted by molar-refractivity contribution is 0.146. The number of furan rings is 1. The molecule has 0 aliphatic heterocycles. The van der Waals surface area contributed by atoms with Crippen LogP contribution < -0.4 is 5.32 Å². The Morgan fingerprint density at radius 3 is 2.83 bits per heavy atom. The van der Waals surface area contributed by atoms with E-state index in [0.717, 1.165) is 29.5 Å². The summed E-state index contributed by atoms with van der Waals surface area (Å²) in [5, 5.41) is 14.2. The summed E-state index contributed by atoms with van der Waals surface area (Å²) in [6.45, 7) is 5.59. The smallest absolute Gasteiger partial charge is 0.134 e. The molecule has 2 rings (SSSR count). The molecule has 2 aromatic rings. The van der Waals surface area contributed by atoms with Gasteiger partial charge in [-0.25, -0.2) is 0 Å². The number of aliphatic hydroxyl groups excluding tert-OH is 1. The molecular formula is C15H21NO2. The van der Waals surface area contributed by atoms with Gasteiger partial charge in [0.15, 0.2) is 0 Å². The normalized spacial score (nSPS) is 13.3. The minimum absolute atomic E-state index is 0.275. The number of hydrogen-bond donors (Lipinski definition) is 2. The summed E-state index contributed by atoms with van der Waals surface area (Å²) in [5.41, 5.74) is 2.05. The third-order valence-corrected chi connectivity index (χ3v) is 3.00. The molecule has 1 unspecified atom stereocenters. The molecule has 0 spiro atoms. The van der Waals surface area contributed by atoms with Crippen LogP contribution in [0.15, 0.2) is 34.9 Å². The Bertz CT molecular complexity index is 490. The van der Waals surface area contributed by atoms with E-state index in [9.17, 15) is 5.11 Å². The van der Waals surface area contributed by atoms with Crippen molar-refractivity contribution in [3.8, 4) is 0 Å². The quantitative estimate of drug-likeness (QED) is 0.825. The van der Waals surface area contributed by atoms with E-state index in [0.29, 0.717) is 12.5 Å². The molecule has 98 valence electrons. The summed E-state index contributed by atoms with van der Waals surface area (Å²) >= 11 is 0. The molecule has 0 aliphatic carbocycles. The van der Waals surface area contributed by atoms with Crippen molar-refractivity contribution in [3.05, 3.63) is 36.1 Å². The van der Waals surface area contributed by atoms with Crippen LogP contribution in [0.3, 0.4) is 0 Å². The molecule has 0 amide bonds. The van der Waals surface area contributed by atoms with Crippen LogP contribution in [0.25, 0.3) is 11.0 Å². The first-order chi connectivity index (χ1) is 8.66. The van der Waals surface area contributed by atoms with Crippen molar-refractivity contribution >= 4 is 11.0 Å². The first-order valence-corrected chi connectivity index (χ1v) is 6.50. The number of hydrogen-bond acceptors (Lipinski definition) is 3. The number of rotatable bonds is 6. The lowest BCUT2D eigenvalue weighted by atomic mass is 10.1. The second kappa shape index (κ2) is 6.03. The van der Waals surface area contributed by atoms with Crippen molar-refractivity contribution in [3.63, 3.8) is 0 Å². The molecule has 2 N–H and O–H groups in total. The van der Waals surface area contributed by atoms with Gasteiger partial charge in [0, 0.05) is 24.0 Å². The highest BCUT2D eigenvalue weighted by molar-refractivity contribution is 5.80. The Hall–Kier alpha value is -1.32. The molecular weight excluding hydrogens is 226 g/mol. The number of benzene rings is 1. The van der Waals surface area contributed by atoms with Gasteiger partial charge in [-0.05, 0) is 18.4 Å². The van der Waals surface area contributed by atoms with Crippen molar-refractivity contribution in [2.75, 3.05) is 6.54 Å². The predicted molar refractivity (Wildman–Crippen MR) is 73.4 cm³/mol. The monoisotopic (exact) mass is 247 g/mol. The maximum atomic E-state index is 9.78. The van der Waals surface area contributed by atoms with E-state index in [1.807, 2.05) is 18.2 Å². The lowest BCUT2D eigenvalue weighted by Crippen LogP contribution is -2.27. The average Bonchev–Trinajstić information content (AvgIpc) is 2.72. The van der Waals surface area contributed by atoms with E-state index in [1.165, 1.54) is 0 Å². The summed E-state index contributed by atoms with van der Waals surface area (Å²) in [5.74, 6) is 0.525. The van der Waals surface area contributed by atoms with Crippen LogP contribution in [-0.4, -0.2) is 17.8 Å². The van der Waals surface area contributed by atoms with Crippen molar-refractivity contribution in [1.29, 1.82) is 0 Å². The maximum Gasteiger partial charge on any atom is 0.134 e. The van der Waals surface area contributed by atoms with Crippen LogP contribution in [0.2, 0.25) is 0 Å². The summed E-state index contributed by atoms with van der Waals surface area (Å²) in [6, 6.07) is 8.00. The Labute approximate surface area is 108 Å². The summed E-state index contributed by atoms with van der Waals surface area (Å²) in [4.78, 5) is 0. The highest BCUT2D eigenvalue weighted by Gasteiger charge is 2.08. The molecule has 1 heterocycles. The van der Waals surface area contributed by atoms with Gasteiger partial charge in [0.2, 0.25) is 0 Å². The molecule has 18 heavy (non-hydrogen) atoms. The van der Waals surface area contributed by atoms with Crippen molar-refractivity contribution < 1.29 is 9.52 Å². The fourth-order valence-corrected chi connectivity index (χ4v) is 2.17. The lowest BCUT2D eigenvalue weighted by Gasteiger charge is -2.13. The van der Waals surface area contributed by atoms with Crippen LogP contribution in [0.1, 0.15) is 25.8 Å². The number of fused-ring (bicyclic) bond motifs is 1. The Morgan fingerprint density at radius 2 is 2.06 bits per heavy atom. The van der Waals surface area contributed by atoms with Gasteiger partial charge in [-0.3, -0.25) is 0 Å². The maximum absolute atomic E-state index is 9.78. The Kier molecular flexibility index (Phi) is 4.39. The van der Waals surface area contributed by atoms with Crippen LogP contribution in [0, 0.1) is 5.92 Å². The zero-order chi connectivity index (χ0) is 13.0. The minimum Gasteiger partial charge on any atom is -0.464 e. The van der Waals surface area contributed by atoms with Gasteiger partial charge in [0.1, 0.15) is 5.58 Å². The zero-order valence-electron chi connectivity index (χ0n) is 11.0. The molecule has 3 heteroatoms. The van der Waals surface area contributed by atoms with Gasteiger partial charge in [0.05, 0.1) is 12.4 Å². The van der Waals surface area contributed by atoms with Gasteiger partial charge in [0.25, 0.3) is 0 Å². The molecule has 0 saturated carbocycles. The molecule has 1 aromatic carbocycles. The topological polar surface area (TPSA) is 45.4 Å². The van der Waals surface area contributed by atoms with E-state index < -0.39 is 0 Å². The SMILES string of the molecule is CC(C)CC(O)CNCc1coc2ccccc12. The van der Waals surface area contributed by atoms with E-state index in [-0.39, 0.29) is 6.10 Å². The van der Waals surface area contributed by atoms with Gasteiger partial charge in [-0.1, -0.05) is 32.0 Å². The first kappa shape index (κ1) is 13.1. The fraction of sp³-hybridized carbons (Fsp3) is 0.467. The van der Waals surface area contributed by atoms with Gasteiger partial charge in [-0.15, -0.1) is 0 Å². The standard InChI is InChI=1S/C15H21NO2/c1-11(2)7-13(17)9-16-8-12-10-18-15-6-4-3-5-14(12)15/h3-6,10-11,13,16-17H,7-9H2,1-2H3. The van der Waals surface area contributed by atoms with Crippen LogP contribution in [0.5, 0.6) is 0 Å². The second-order valence-electron chi connectivity index (χ2n) is 5.17. The summed E-state index contributed by atoms with van der Waals surface area (Å²) in [7, 11) is 0.